The van der Waals surface area contributed by atoms with E-state index in [9.17, 15) is 19.8 Å². The van der Waals surface area contributed by atoms with Crippen molar-refractivity contribution in [1.29, 1.82) is 0 Å². The predicted molar refractivity (Wildman–Crippen MR) is 165 cm³/mol. The molecule has 3 rings (SSSR count). The van der Waals surface area contributed by atoms with Crippen molar-refractivity contribution >= 4 is 11.8 Å². The Kier molecular flexibility index (Phi) is 12.5. The molecule has 0 fully saturated rings. The van der Waals surface area contributed by atoms with Gasteiger partial charge < -0.3 is 30.5 Å². The summed E-state index contributed by atoms with van der Waals surface area (Å²) in [7, 11) is 1.63. The van der Waals surface area contributed by atoms with Crippen molar-refractivity contribution in [3.8, 4) is 5.75 Å². The van der Waals surface area contributed by atoms with E-state index in [0.717, 1.165) is 40.8 Å². The lowest BCUT2D eigenvalue weighted by Crippen LogP contribution is -2.51. The summed E-state index contributed by atoms with van der Waals surface area (Å²) in [6, 6.07) is 20.2. The van der Waals surface area contributed by atoms with E-state index in [1.54, 1.807) is 25.3 Å². The van der Waals surface area contributed by atoms with Crippen molar-refractivity contribution in [3.05, 3.63) is 100 Å². The second kappa shape index (κ2) is 16.1. The van der Waals surface area contributed by atoms with E-state index in [1.165, 1.54) is 0 Å². The van der Waals surface area contributed by atoms with E-state index in [2.05, 4.69) is 10.6 Å². The molecule has 0 aliphatic carbocycles. The third kappa shape index (κ3) is 9.69. The van der Waals surface area contributed by atoms with E-state index in [-0.39, 0.29) is 25.4 Å². The topological polar surface area (TPSA) is 111 Å². The molecule has 0 heterocycles. The number of carbonyl (C=O) groups excluding carboxylic acids is 2. The maximum absolute atomic E-state index is 13.6. The fraction of sp³-hybridized carbons (Fsp3) is 0.412. The standard InChI is InChI=1S/C34H45N3O5/c1-5-15-37(16-6-2)33(40)30-18-25(3)17-29(21-30)32(39)36-34(41,22-26-9-7-11-28(19-26)24-38)13-14-35-23-27-10-8-12-31(20-27)42-4/h7-12,17-21,35,38,41H,5-6,13-16,22-24H2,1-4H3,(H,36,39)/t34-/m1/s1. The highest BCUT2D eigenvalue weighted by Crippen LogP contribution is 2.20. The molecule has 8 heteroatoms. The number of hydrogen-bond acceptors (Lipinski definition) is 6. The Hall–Kier alpha value is -3.72. The zero-order valence-electron chi connectivity index (χ0n) is 25.3. The van der Waals surface area contributed by atoms with Crippen LogP contribution in [-0.4, -0.2) is 59.4 Å². The summed E-state index contributed by atoms with van der Waals surface area (Å²) in [5.41, 5.74) is 2.53. The smallest absolute Gasteiger partial charge is 0.253 e. The molecule has 0 unspecified atom stereocenters. The minimum Gasteiger partial charge on any atom is -0.497 e. The summed E-state index contributed by atoms with van der Waals surface area (Å²) in [6.45, 7) is 8.10. The normalized spacial score (nSPS) is 12.4. The highest BCUT2D eigenvalue weighted by Gasteiger charge is 2.30. The second-order valence-electron chi connectivity index (χ2n) is 10.8. The molecule has 0 aliphatic heterocycles. The van der Waals surface area contributed by atoms with Gasteiger partial charge in [-0.1, -0.05) is 50.2 Å². The van der Waals surface area contributed by atoms with Crippen LogP contribution in [0.3, 0.4) is 0 Å². The van der Waals surface area contributed by atoms with Gasteiger partial charge in [0.15, 0.2) is 0 Å². The summed E-state index contributed by atoms with van der Waals surface area (Å²) >= 11 is 0. The van der Waals surface area contributed by atoms with Gasteiger partial charge in [-0.15, -0.1) is 0 Å². The average Bonchev–Trinajstić information content (AvgIpc) is 2.98. The molecule has 0 aromatic heterocycles. The van der Waals surface area contributed by atoms with Gasteiger partial charge >= 0.3 is 0 Å². The number of amides is 2. The van der Waals surface area contributed by atoms with Gasteiger partial charge in [-0.25, -0.2) is 0 Å². The molecule has 2 amide bonds. The molecule has 1 atom stereocenters. The quantitative estimate of drug-likeness (QED) is 0.147. The minimum atomic E-state index is -1.59. The van der Waals surface area contributed by atoms with Crippen LogP contribution in [0.25, 0.3) is 0 Å². The van der Waals surface area contributed by atoms with Gasteiger partial charge in [0.25, 0.3) is 11.8 Å². The summed E-state index contributed by atoms with van der Waals surface area (Å²) in [5.74, 6) is 0.207. The number of aliphatic hydroxyl groups excluding tert-OH is 1. The number of hydrogen-bond donors (Lipinski definition) is 4. The van der Waals surface area contributed by atoms with Gasteiger partial charge in [0.2, 0.25) is 0 Å². The van der Waals surface area contributed by atoms with Crippen molar-refractivity contribution in [2.45, 2.75) is 65.3 Å². The number of carbonyl (C=O) groups is 2. The fourth-order valence-electron chi connectivity index (χ4n) is 5.04. The van der Waals surface area contributed by atoms with E-state index in [4.69, 9.17) is 4.74 Å². The summed E-state index contributed by atoms with van der Waals surface area (Å²) in [6.07, 6.45) is 2.07. The number of methoxy groups -OCH3 is 1. The Bertz CT molecular complexity index is 1320. The Balaban J connectivity index is 1.80. The highest BCUT2D eigenvalue weighted by molar-refractivity contribution is 6.00. The SMILES string of the molecule is CCCN(CCC)C(=O)c1cc(C)cc(C(=O)N[C@@](O)(CCNCc2cccc(OC)c2)Cc2cccc(CO)c2)c1. The molecule has 0 radical (unpaired) electrons. The molecule has 0 spiro atoms. The van der Waals surface area contributed by atoms with E-state index in [1.807, 2.05) is 74.2 Å². The fourth-order valence-corrected chi connectivity index (χ4v) is 5.04. The molecule has 0 saturated carbocycles. The molecule has 0 bridgehead atoms. The van der Waals surface area contributed by atoms with Crippen LogP contribution in [0.5, 0.6) is 5.75 Å². The molecule has 3 aromatic carbocycles. The first-order valence-corrected chi connectivity index (χ1v) is 14.7. The largest absolute Gasteiger partial charge is 0.497 e. The number of benzene rings is 3. The Labute approximate surface area is 249 Å². The Morgan fingerprint density at radius 2 is 1.57 bits per heavy atom. The third-order valence-electron chi connectivity index (χ3n) is 7.06. The van der Waals surface area contributed by atoms with Crippen molar-refractivity contribution in [2.75, 3.05) is 26.7 Å². The van der Waals surface area contributed by atoms with Crippen LogP contribution in [0.15, 0.2) is 66.7 Å². The minimum absolute atomic E-state index is 0.103. The number of rotatable bonds is 16. The van der Waals surface area contributed by atoms with Crippen LogP contribution < -0.4 is 15.4 Å². The Morgan fingerprint density at radius 1 is 0.905 bits per heavy atom. The van der Waals surface area contributed by atoms with Crippen LogP contribution in [-0.2, 0) is 19.6 Å². The molecule has 0 aliphatic rings. The molecule has 8 nitrogen and oxygen atoms in total. The van der Waals surface area contributed by atoms with Gasteiger partial charge in [-0.05, 0) is 72.4 Å². The predicted octanol–water partition coefficient (Wildman–Crippen LogP) is 4.60. The second-order valence-corrected chi connectivity index (χ2v) is 10.8. The summed E-state index contributed by atoms with van der Waals surface area (Å²) < 4.78 is 5.30. The summed E-state index contributed by atoms with van der Waals surface area (Å²) in [4.78, 5) is 28.7. The molecule has 3 aromatic rings. The lowest BCUT2D eigenvalue weighted by atomic mass is 9.96. The Morgan fingerprint density at radius 3 is 2.26 bits per heavy atom. The van der Waals surface area contributed by atoms with Crippen LogP contribution >= 0.6 is 0 Å². The van der Waals surface area contributed by atoms with Crippen LogP contribution in [0.4, 0.5) is 0 Å². The van der Waals surface area contributed by atoms with E-state index >= 15 is 0 Å². The number of nitrogens with zero attached hydrogens (tertiary/aromatic N) is 1. The van der Waals surface area contributed by atoms with Crippen LogP contribution in [0.1, 0.15) is 76.1 Å². The monoisotopic (exact) mass is 575 g/mol. The van der Waals surface area contributed by atoms with Crippen molar-refractivity contribution < 1.29 is 24.5 Å². The highest BCUT2D eigenvalue weighted by atomic mass is 16.5. The number of aryl methyl sites for hydroxylation is 1. The van der Waals surface area contributed by atoms with Gasteiger partial charge in [-0.3, -0.25) is 9.59 Å². The van der Waals surface area contributed by atoms with Crippen molar-refractivity contribution in [3.63, 3.8) is 0 Å². The first-order chi connectivity index (χ1) is 20.2. The number of ether oxygens (including phenoxy) is 1. The number of aliphatic hydroxyl groups is 2. The third-order valence-corrected chi connectivity index (χ3v) is 7.06. The lowest BCUT2D eigenvalue weighted by Gasteiger charge is -2.30. The zero-order chi connectivity index (χ0) is 30.5. The zero-order valence-corrected chi connectivity index (χ0v) is 25.3. The van der Waals surface area contributed by atoms with Crippen LogP contribution in [0.2, 0.25) is 0 Å². The number of nitrogens with one attached hydrogen (secondary N) is 2. The van der Waals surface area contributed by atoms with Gasteiger partial charge in [0, 0.05) is 50.1 Å². The first-order valence-electron chi connectivity index (χ1n) is 14.7. The van der Waals surface area contributed by atoms with E-state index < -0.39 is 11.6 Å². The maximum Gasteiger partial charge on any atom is 0.253 e. The van der Waals surface area contributed by atoms with Crippen molar-refractivity contribution in [1.82, 2.24) is 15.5 Å². The molecule has 42 heavy (non-hydrogen) atoms. The summed E-state index contributed by atoms with van der Waals surface area (Å²) in [5, 5.41) is 27.6. The van der Waals surface area contributed by atoms with Gasteiger partial charge in [0.05, 0.1) is 13.7 Å². The van der Waals surface area contributed by atoms with Gasteiger partial charge in [0.1, 0.15) is 11.5 Å². The first kappa shape index (κ1) is 32.8. The maximum atomic E-state index is 13.6. The molecular formula is C34H45N3O5. The van der Waals surface area contributed by atoms with E-state index in [0.29, 0.717) is 37.3 Å². The molecule has 4 N–H and O–H groups in total. The average molecular weight is 576 g/mol. The molecule has 226 valence electrons. The van der Waals surface area contributed by atoms with Gasteiger partial charge in [-0.2, -0.15) is 0 Å². The molecule has 0 saturated heterocycles. The van der Waals surface area contributed by atoms with Crippen LogP contribution in [0, 0.1) is 6.92 Å². The molecular weight excluding hydrogens is 530 g/mol. The van der Waals surface area contributed by atoms with Crippen molar-refractivity contribution in [2.24, 2.45) is 0 Å². The lowest BCUT2D eigenvalue weighted by molar-refractivity contribution is 0.000974.